The van der Waals surface area contributed by atoms with Crippen LogP contribution in [0, 0.1) is 6.92 Å². The average Bonchev–Trinajstić information content (AvgIpc) is 2.82. The van der Waals surface area contributed by atoms with Crippen LogP contribution in [0.15, 0.2) is 42.5 Å². The molecule has 8 nitrogen and oxygen atoms in total. The molecule has 0 saturated carbocycles. The monoisotopic (exact) mass is 537 g/mol. The first kappa shape index (κ1) is 29.5. The Morgan fingerprint density at radius 3 is 2.39 bits per heavy atom. The van der Waals surface area contributed by atoms with E-state index in [1.165, 1.54) is 24.1 Å². The van der Waals surface area contributed by atoms with Gasteiger partial charge in [0.2, 0.25) is 21.8 Å². The number of aryl methyl sites for hydroxylation is 1. The Morgan fingerprint density at radius 2 is 1.83 bits per heavy atom. The van der Waals surface area contributed by atoms with E-state index in [-0.39, 0.29) is 23.2 Å². The van der Waals surface area contributed by atoms with Crippen molar-refractivity contribution in [3.8, 4) is 5.75 Å². The first-order chi connectivity index (χ1) is 17.0. The minimum Gasteiger partial charge on any atom is -0.495 e. The van der Waals surface area contributed by atoms with Crippen molar-refractivity contribution in [2.24, 2.45) is 0 Å². The van der Waals surface area contributed by atoms with Crippen molar-refractivity contribution in [2.45, 2.75) is 52.6 Å². The molecular formula is C26H36ClN3O5S. The fourth-order valence-electron chi connectivity index (χ4n) is 3.82. The molecule has 2 aromatic carbocycles. The van der Waals surface area contributed by atoms with Gasteiger partial charge in [-0.2, -0.15) is 0 Å². The number of methoxy groups -OCH3 is 1. The number of benzene rings is 2. The number of halogens is 1. The smallest absolute Gasteiger partial charge is 0.244 e. The number of carbonyl (C=O) groups excluding carboxylic acids is 2. The molecular weight excluding hydrogens is 502 g/mol. The number of sulfonamides is 1. The van der Waals surface area contributed by atoms with Crippen LogP contribution in [-0.2, 0) is 26.2 Å². The van der Waals surface area contributed by atoms with E-state index in [2.05, 4.69) is 5.32 Å². The molecule has 1 N–H and O–H groups in total. The van der Waals surface area contributed by atoms with Crippen LogP contribution >= 0.6 is 11.6 Å². The number of hydrogen-bond acceptors (Lipinski definition) is 5. The lowest BCUT2D eigenvalue weighted by atomic mass is 10.1. The average molecular weight is 538 g/mol. The molecule has 0 aliphatic carbocycles. The van der Waals surface area contributed by atoms with Gasteiger partial charge in [0, 0.05) is 13.1 Å². The Balaban J connectivity index is 2.44. The molecule has 0 fully saturated rings. The molecule has 0 saturated heterocycles. The lowest BCUT2D eigenvalue weighted by Crippen LogP contribution is -2.52. The molecule has 10 heteroatoms. The van der Waals surface area contributed by atoms with Gasteiger partial charge in [-0.25, -0.2) is 8.42 Å². The van der Waals surface area contributed by atoms with Crippen LogP contribution in [0.25, 0.3) is 0 Å². The summed E-state index contributed by atoms with van der Waals surface area (Å²) in [4.78, 5) is 28.2. The van der Waals surface area contributed by atoms with E-state index in [9.17, 15) is 18.0 Å². The Kier molecular flexibility index (Phi) is 11.0. The summed E-state index contributed by atoms with van der Waals surface area (Å²) in [5, 5.41) is 3.13. The van der Waals surface area contributed by atoms with Gasteiger partial charge in [-0.05, 0) is 49.1 Å². The number of nitrogens with zero attached hydrogens (tertiary/aromatic N) is 2. The summed E-state index contributed by atoms with van der Waals surface area (Å²) in [6, 6.07) is 11.4. The third-order valence-electron chi connectivity index (χ3n) is 5.92. The van der Waals surface area contributed by atoms with Crippen molar-refractivity contribution < 1.29 is 22.7 Å². The summed E-state index contributed by atoms with van der Waals surface area (Å²) in [6.45, 7) is 6.00. The third kappa shape index (κ3) is 7.86. The maximum atomic E-state index is 13.7. The van der Waals surface area contributed by atoms with E-state index < -0.39 is 28.5 Å². The zero-order chi connectivity index (χ0) is 26.9. The van der Waals surface area contributed by atoms with E-state index >= 15 is 0 Å². The van der Waals surface area contributed by atoms with Gasteiger partial charge in [-0.1, -0.05) is 56.1 Å². The molecule has 198 valence electrons. The fraction of sp³-hybridized carbons (Fsp3) is 0.462. The van der Waals surface area contributed by atoms with Crippen molar-refractivity contribution in [1.82, 2.24) is 10.2 Å². The maximum Gasteiger partial charge on any atom is 0.244 e. The molecule has 0 heterocycles. The molecule has 0 bridgehead atoms. The molecule has 2 rings (SSSR count). The highest BCUT2D eigenvalue weighted by molar-refractivity contribution is 7.92. The van der Waals surface area contributed by atoms with E-state index in [4.69, 9.17) is 16.3 Å². The highest BCUT2D eigenvalue weighted by Gasteiger charge is 2.32. The quantitative estimate of drug-likeness (QED) is 0.387. The highest BCUT2D eigenvalue weighted by Crippen LogP contribution is 2.30. The SMILES string of the molecule is CCCCNC(=O)[C@@H](CC)N(Cc1ccccc1C)C(=O)CN(c1ccc(OC)c(Cl)c1)S(C)(=O)=O. The second kappa shape index (κ2) is 13.5. The van der Waals surface area contributed by atoms with Crippen molar-refractivity contribution >= 4 is 39.1 Å². The summed E-state index contributed by atoms with van der Waals surface area (Å²) >= 11 is 6.23. The second-order valence-corrected chi connectivity index (χ2v) is 10.9. The molecule has 36 heavy (non-hydrogen) atoms. The topological polar surface area (TPSA) is 96.0 Å². The van der Waals surface area contributed by atoms with Crippen molar-refractivity contribution in [2.75, 3.05) is 30.8 Å². The predicted octanol–water partition coefficient (Wildman–Crippen LogP) is 4.15. The van der Waals surface area contributed by atoms with Crippen LogP contribution in [0.1, 0.15) is 44.2 Å². The van der Waals surface area contributed by atoms with Crippen LogP contribution in [0.4, 0.5) is 5.69 Å². The second-order valence-electron chi connectivity index (χ2n) is 8.61. The molecule has 0 aromatic heterocycles. The summed E-state index contributed by atoms with van der Waals surface area (Å²) in [5.74, 6) is -0.365. The van der Waals surface area contributed by atoms with Gasteiger partial charge in [0.15, 0.2) is 0 Å². The Morgan fingerprint density at radius 1 is 1.14 bits per heavy atom. The lowest BCUT2D eigenvalue weighted by Gasteiger charge is -2.33. The Bertz CT molecular complexity index is 1160. The van der Waals surface area contributed by atoms with E-state index in [0.717, 1.165) is 34.5 Å². The molecule has 2 aromatic rings. The molecule has 0 spiro atoms. The molecule has 2 amide bonds. The zero-order valence-corrected chi connectivity index (χ0v) is 23.2. The van der Waals surface area contributed by atoms with Gasteiger partial charge in [0.1, 0.15) is 18.3 Å². The normalized spacial score (nSPS) is 12.1. The van der Waals surface area contributed by atoms with Crippen LogP contribution < -0.4 is 14.4 Å². The fourth-order valence-corrected chi connectivity index (χ4v) is 4.91. The summed E-state index contributed by atoms with van der Waals surface area (Å²) in [7, 11) is -2.39. The number of nitrogens with one attached hydrogen (secondary N) is 1. The number of ether oxygens (including phenoxy) is 1. The minimum absolute atomic E-state index is 0.173. The first-order valence-electron chi connectivity index (χ1n) is 12.0. The van der Waals surface area contributed by atoms with E-state index in [1.54, 1.807) is 6.07 Å². The van der Waals surface area contributed by atoms with Crippen LogP contribution in [0.2, 0.25) is 5.02 Å². The number of unbranched alkanes of at least 4 members (excludes halogenated alkanes) is 1. The number of amides is 2. The first-order valence-corrected chi connectivity index (χ1v) is 14.2. The van der Waals surface area contributed by atoms with Gasteiger partial charge in [0.25, 0.3) is 0 Å². The Labute approximate surface area is 219 Å². The van der Waals surface area contributed by atoms with Crippen molar-refractivity contribution in [1.29, 1.82) is 0 Å². The Hall–Kier alpha value is -2.78. The summed E-state index contributed by atoms with van der Waals surface area (Å²) in [5.41, 5.74) is 2.08. The van der Waals surface area contributed by atoms with Crippen LogP contribution in [0.5, 0.6) is 5.75 Å². The highest BCUT2D eigenvalue weighted by atomic mass is 35.5. The minimum atomic E-state index is -3.85. The maximum absolute atomic E-state index is 13.7. The van der Waals surface area contributed by atoms with Gasteiger partial charge in [0.05, 0.1) is 24.1 Å². The largest absolute Gasteiger partial charge is 0.495 e. The number of anilines is 1. The van der Waals surface area contributed by atoms with E-state index in [1.807, 2.05) is 45.0 Å². The van der Waals surface area contributed by atoms with Gasteiger partial charge in [-0.15, -0.1) is 0 Å². The number of carbonyl (C=O) groups is 2. The van der Waals surface area contributed by atoms with Crippen LogP contribution in [0.3, 0.4) is 0 Å². The standard InChI is InChI=1S/C26H36ClN3O5S/c1-6-8-15-28-26(32)23(7-2)29(17-20-12-10-9-11-19(20)3)25(31)18-30(36(5,33)34)21-13-14-24(35-4)22(27)16-21/h9-14,16,23H,6-8,15,17-18H2,1-5H3,(H,28,32)/t23-/m1/s1. The van der Waals surface area contributed by atoms with E-state index in [0.29, 0.717) is 18.7 Å². The number of hydrogen-bond donors (Lipinski definition) is 1. The zero-order valence-electron chi connectivity index (χ0n) is 21.6. The molecule has 1 atom stereocenters. The molecule has 0 aliphatic heterocycles. The third-order valence-corrected chi connectivity index (χ3v) is 7.36. The lowest BCUT2D eigenvalue weighted by molar-refractivity contribution is -0.140. The summed E-state index contributed by atoms with van der Waals surface area (Å²) < 4.78 is 31.6. The number of rotatable bonds is 13. The predicted molar refractivity (Wildman–Crippen MR) is 144 cm³/mol. The molecule has 0 aliphatic rings. The van der Waals surface area contributed by atoms with Crippen molar-refractivity contribution in [3.63, 3.8) is 0 Å². The molecule has 0 radical (unpaired) electrons. The summed E-state index contributed by atoms with van der Waals surface area (Å²) in [6.07, 6.45) is 3.16. The molecule has 0 unspecified atom stereocenters. The van der Waals surface area contributed by atoms with Crippen LogP contribution in [-0.4, -0.2) is 57.6 Å². The van der Waals surface area contributed by atoms with Gasteiger partial charge < -0.3 is 15.0 Å². The van der Waals surface area contributed by atoms with Gasteiger partial charge in [-0.3, -0.25) is 13.9 Å². The van der Waals surface area contributed by atoms with Crippen molar-refractivity contribution in [3.05, 3.63) is 58.6 Å². The van der Waals surface area contributed by atoms with Gasteiger partial charge >= 0.3 is 0 Å².